The van der Waals surface area contributed by atoms with Gasteiger partial charge in [0.25, 0.3) is 10.2 Å². The van der Waals surface area contributed by atoms with Gasteiger partial charge in [0, 0.05) is 26.2 Å². The van der Waals surface area contributed by atoms with Crippen molar-refractivity contribution in [2.45, 2.75) is 32.3 Å². The van der Waals surface area contributed by atoms with Crippen LogP contribution >= 0.6 is 0 Å². The van der Waals surface area contributed by atoms with Gasteiger partial charge in [-0.15, -0.1) is 0 Å². The second-order valence-corrected chi connectivity index (χ2v) is 7.64. The molecule has 2 aliphatic heterocycles. The molecule has 0 aromatic carbocycles. The largest absolute Gasteiger partial charge is 0.481 e. The van der Waals surface area contributed by atoms with Gasteiger partial charge in [0.1, 0.15) is 0 Å². The zero-order chi connectivity index (χ0) is 14.9. The first-order chi connectivity index (χ1) is 9.32. The van der Waals surface area contributed by atoms with Crippen LogP contribution in [0.25, 0.3) is 0 Å². The molecule has 0 saturated carbocycles. The van der Waals surface area contributed by atoms with Gasteiger partial charge in [0.15, 0.2) is 0 Å². The van der Waals surface area contributed by atoms with E-state index in [4.69, 9.17) is 5.11 Å². The lowest BCUT2D eigenvalue weighted by atomic mass is 9.98. The standard InChI is InChI=1S/C12H22N2O5S/c1-9-2-5-14(8-11(9)15)20(18,19)13-6-3-10(4-7-13)12(16)17/h9-11,15H,2-8H2,1H3,(H,16,17). The summed E-state index contributed by atoms with van der Waals surface area (Å²) in [6.07, 6.45) is 0.712. The summed E-state index contributed by atoms with van der Waals surface area (Å²) in [6.45, 7) is 2.93. The molecule has 8 heteroatoms. The SMILES string of the molecule is CC1CCN(S(=O)(=O)N2CCC(C(=O)O)CC2)CC1O. The predicted molar refractivity (Wildman–Crippen MR) is 72.2 cm³/mol. The molecule has 0 radical (unpaired) electrons. The maximum atomic E-state index is 12.5. The molecule has 0 aliphatic carbocycles. The van der Waals surface area contributed by atoms with E-state index in [1.165, 1.54) is 8.61 Å². The van der Waals surface area contributed by atoms with Crippen LogP contribution in [0, 0.1) is 11.8 Å². The Morgan fingerprint density at radius 2 is 1.65 bits per heavy atom. The summed E-state index contributed by atoms with van der Waals surface area (Å²) in [5.41, 5.74) is 0. The number of nitrogens with zero attached hydrogens (tertiary/aromatic N) is 2. The van der Waals surface area contributed by atoms with Crippen molar-refractivity contribution in [1.82, 2.24) is 8.61 Å². The van der Waals surface area contributed by atoms with Crippen molar-refractivity contribution in [2.24, 2.45) is 11.8 Å². The molecule has 0 amide bonds. The first-order valence-electron chi connectivity index (χ1n) is 6.98. The van der Waals surface area contributed by atoms with Gasteiger partial charge in [-0.2, -0.15) is 17.0 Å². The van der Waals surface area contributed by atoms with Crippen LogP contribution < -0.4 is 0 Å². The maximum absolute atomic E-state index is 12.5. The molecule has 2 unspecified atom stereocenters. The molecule has 0 bridgehead atoms. The Labute approximate surface area is 119 Å². The lowest BCUT2D eigenvalue weighted by molar-refractivity contribution is -0.142. The first-order valence-corrected chi connectivity index (χ1v) is 8.38. The van der Waals surface area contributed by atoms with Crippen LogP contribution in [0.15, 0.2) is 0 Å². The van der Waals surface area contributed by atoms with E-state index in [1.807, 2.05) is 6.92 Å². The topological polar surface area (TPSA) is 98.2 Å². The smallest absolute Gasteiger partial charge is 0.306 e. The first kappa shape index (κ1) is 15.7. The molecule has 2 rings (SSSR count). The molecule has 7 nitrogen and oxygen atoms in total. The second-order valence-electron chi connectivity index (χ2n) is 5.71. The lowest BCUT2D eigenvalue weighted by Gasteiger charge is -2.38. The van der Waals surface area contributed by atoms with E-state index in [1.54, 1.807) is 0 Å². The van der Waals surface area contributed by atoms with Crippen molar-refractivity contribution < 1.29 is 23.4 Å². The van der Waals surface area contributed by atoms with Crippen LogP contribution in [-0.2, 0) is 15.0 Å². The van der Waals surface area contributed by atoms with Crippen LogP contribution in [0.1, 0.15) is 26.2 Å². The van der Waals surface area contributed by atoms with Gasteiger partial charge in [-0.05, 0) is 25.2 Å². The van der Waals surface area contributed by atoms with Gasteiger partial charge in [0.05, 0.1) is 12.0 Å². The van der Waals surface area contributed by atoms with Gasteiger partial charge >= 0.3 is 5.97 Å². The number of carboxylic acids is 1. The van der Waals surface area contributed by atoms with Crippen LogP contribution in [0.3, 0.4) is 0 Å². The highest BCUT2D eigenvalue weighted by atomic mass is 32.2. The van der Waals surface area contributed by atoms with Gasteiger partial charge < -0.3 is 10.2 Å². The van der Waals surface area contributed by atoms with Crippen molar-refractivity contribution in [3.05, 3.63) is 0 Å². The summed E-state index contributed by atoms with van der Waals surface area (Å²) < 4.78 is 27.6. The van der Waals surface area contributed by atoms with Crippen LogP contribution in [0.5, 0.6) is 0 Å². The number of aliphatic carboxylic acids is 1. The second kappa shape index (κ2) is 5.97. The molecule has 2 saturated heterocycles. The third-order valence-corrected chi connectivity index (χ3v) is 6.34. The predicted octanol–water partition coefficient (Wildman–Crippen LogP) is -0.269. The Morgan fingerprint density at radius 1 is 1.10 bits per heavy atom. The highest BCUT2D eigenvalue weighted by Gasteiger charge is 2.38. The molecular weight excluding hydrogens is 284 g/mol. The van der Waals surface area contributed by atoms with Crippen molar-refractivity contribution >= 4 is 16.2 Å². The Balaban J connectivity index is 1.99. The Hall–Kier alpha value is -0.700. The average Bonchev–Trinajstić information content (AvgIpc) is 2.41. The van der Waals surface area contributed by atoms with Gasteiger partial charge in [0.2, 0.25) is 0 Å². The number of hydrogen-bond acceptors (Lipinski definition) is 4. The van der Waals surface area contributed by atoms with Crippen LogP contribution in [-0.4, -0.2) is 65.5 Å². The number of carbonyl (C=O) groups is 1. The van der Waals surface area contributed by atoms with E-state index >= 15 is 0 Å². The number of aliphatic hydroxyl groups excluding tert-OH is 1. The van der Waals surface area contributed by atoms with E-state index in [0.29, 0.717) is 25.8 Å². The van der Waals surface area contributed by atoms with Crippen molar-refractivity contribution in [3.8, 4) is 0 Å². The summed E-state index contributed by atoms with van der Waals surface area (Å²) in [5.74, 6) is -1.20. The summed E-state index contributed by atoms with van der Waals surface area (Å²) in [4.78, 5) is 10.9. The highest BCUT2D eigenvalue weighted by molar-refractivity contribution is 7.86. The Morgan fingerprint density at radius 3 is 2.15 bits per heavy atom. The Bertz CT molecular complexity index is 458. The molecule has 116 valence electrons. The molecule has 2 aliphatic rings. The maximum Gasteiger partial charge on any atom is 0.306 e. The summed E-state index contributed by atoms with van der Waals surface area (Å²) in [5, 5.41) is 18.8. The number of carboxylic acid groups (broad SMARTS) is 1. The molecule has 20 heavy (non-hydrogen) atoms. The fraction of sp³-hybridized carbons (Fsp3) is 0.917. The third-order valence-electron chi connectivity index (χ3n) is 4.34. The fourth-order valence-corrected chi connectivity index (χ4v) is 4.40. The van der Waals surface area contributed by atoms with E-state index in [2.05, 4.69) is 0 Å². The molecular formula is C12H22N2O5S. The molecule has 2 N–H and O–H groups in total. The minimum absolute atomic E-state index is 0.110. The highest BCUT2D eigenvalue weighted by Crippen LogP contribution is 2.25. The van der Waals surface area contributed by atoms with Crippen molar-refractivity contribution in [2.75, 3.05) is 26.2 Å². The minimum Gasteiger partial charge on any atom is -0.481 e. The number of piperidine rings is 2. The zero-order valence-electron chi connectivity index (χ0n) is 11.6. The summed E-state index contributed by atoms with van der Waals surface area (Å²) in [7, 11) is -3.58. The summed E-state index contributed by atoms with van der Waals surface area (Å²) >= 11 is 0. The van der Waals surface area contributed by atoms with E-state index in [-0.39, 0.29) is 25.6 Å². The Kier molecular flexibility index (Phi) is 4.68. The minimum atomic E-state index is -3.58. The average molecular weight is 306 g/mol. The number of β-amino-alcohol motifs (C(OH)–C–C–N with tert-alkyl or cyclic N) is 1. The van der Waals surface area contributed by atoms with Crippen LogP contribution in [0.4, 0.5) is 0 Å². The molecule has 2 heterocycles. The number of rotatable bonds is 3. The van der Waals surface area contributed by atoms with Crippen molar-refractivity contribution in [3.63, 3.8) is 0 Å². The molecule has 0 aromatic heterocycles. The van der Waals surface area contributed by atoms with Crippen molar-refractivity contribution in [1.29, 1.82) is 0 Å². The van der Waals surface area contributed by atoms with E-state index in [9.17, 15) is 18.3 Å². The van der Waals surface area contributed by atoms with Crippen LogP contribution in [0.2, 0.25) is 0 Å². The van der Waals surface area contributed by atoms with Gasteiger partial charge in [-0.25, -0.2) is 0 Å². The number of hydrogen-bond donors (Lipinski definition) is 2. The third kappa shape index (κ3) is 3.13. The molecule has 2 atom stereocenters. The molecule has 2 fully saturated rings. The van der Waals surface area contributed by atoms with E-state index in [0.717, 1.165) is 0 Å². The monoisotopic (exact) mass is 306 g/mol. The fourth-order valence-electron chi connectivity index (χ4n) is 2.73. The van der Waals surface area contributed by atoms with Gasteiger partial charge in [-0.1, -0.05) is 6.92 Å². The molecule has 0 aromatic rings. The zero-order valence-corrected chi connectivity index (χ0v) is 12.4. The quantitative estimate of drug-likeness (QED) is 0.748. The normalized spacial score (nSPS) is 31.3. The number of aliphatic hydroxyl groups is 1. The van der Waals surface area contributed by atoms with Gasteiger partial charge in [-0.3, -0.25) is 4.79 Å². The van der Waals surface area contributed by atoms with E-state index < -0.39 is 28.2 Å². The summed E-state index contributed by atoms with van der Waals surface area (Å²) in [6, 6.07) is 0. The lowest BCUT2D eigenvalue weighted by Crippen LogP contribution is -2.53. The molecule has 0 spiro atoms.